The number of aromatic amines is 1. The van der Waals surface area contributed by atoms with Gasteiger partial charge in [-0.3, -0.25) is 52.7 Å². The van der Waals surface area contributed by atoms with Crippen LogP contribution in [-0.4, -0.2) is 244 Å². The van der Waals surface area contributed by atoms with Gasteiger partial charge in [0.2, 0.25) is 64.5 Å². The fraction of sp³-hybridized carbons (Fsp3) is 0.561. The normalized spacial score (nSPS) is 26.7. The molecule has 102 heavy (non-hydrogen) atoms. The number of rotatable bonds is 20. The summed E-state index contributed by atoms with van der Waals surface area (Å²) >= 11 is -2.45. The van der Waals surface area contributed by atoms with Crippen molar-refractivity contribution in [2.24, 2.45) is 23.5 Å². The minimum atomic E-state index is -2.45. The third kappa shape index (κ3) is 20.3. The highest BCUT2D eigenvalue weighted by Gasteiger charge is 2.46. The van der Waals surface area contributed by atoms with Crippen LogP contribution in [0.5, 0.6) is 11.5 Å². The van der Waals surface area contributed by atoms with Gasteiger partial charge >= 0.3 is 24.0 Å². The third-order valence-electron chi connectivity index (χ3n) is 18.0. The van der Waals surface area contributed by atoms with Crippen molar-refractivity contribution in [2.75, 3.05) is 65.4 Å². The molecule has 1 aromatic heterocycles. The van der Waals surface area contributed by atoms with Crippen LogP contribution in [-0.2, 0) is 101 Å². The molecule has 2 fully saturated rings. The molecule has 10 rings (SSSR count). The van der Waals surface area contributed by atoms with E-state index in [2.05, 4.69) is 48.8 Å². The van der Waals surface area contributed by atoms with E-state index >= 15 is 4.55 Å². The molecule has 10 amide bonds. The Hall–Kier alpha value is -9.62. The van der Waals surface area contributed by atoms with E-state index in [0.29, 0.717) is 18.4 Å². The van der Waals surface area contributed by atoms with Crippen LogP contribution in [0.25, 0.3) is 10.9 Å². The van der Waals surface area contributed by atoms with E-state index in [1.807, 2.05) is 0 Å². The molecule has 2 aromatic carbocycles. The molecule has 8 bridgehead atoms. The number of ether oxygens (including phenoxy) is 7. The topological polar surface area (TPSA) is 503 Å². The molecule has 35 nitrogen and oxygen atoms in total. The Morgan fingerprint density at radius 2 is 1.59 bits per heavy atom. The zero-order chi connectivity index (χ0) is 74.2. The van der Waals surface area contributed by atoms with Gasteiger partial charge in [0.15, 0.2) is 12.1 Å². The minimum absolute atomic E-state index is 0.0302. The summed E-state index contributed by atoms with van der Waals surface area (Å²) < 4.78 is 55.2. The van der Waals surface area contributed by atoms with E-state index in [9.17, 15) is 77.6 Å². The first-order chi connectivity index (χ1) is 48.5. The highest BCUT2D eigenvalue weighted by molar-refractivity contribution is 7.91. The lowest BCUT2D eigenvalue weighted by molar-refractivity contribution is -0.220. The standard InChI is InChI=1S/C66H87N11O24S/c1-7-17-95-64(92)43-18-35(12-15-50(43)101-65-51(100-34(5)80)21-39(30-97-65)99-33(4)79)28-98-66(93)76(6)16-10-9-11-36-29-96-38-13-14-41-42-22-45-57(86)68-25-54(85)74-56(40(36)8-2)60(89)69-24-53(84)70-47(31-102(94)62(42)73-44(41)20-38)58(87)72-46(23-52(67)83)63(91)77-26-37(81)19-48(77)59(88)75-55(61(90)71-45)32(3)49(82)27-78/h7,12-15,18,20,32,36-37,39-40,45-49,51,55-56,65,73,78,81-82H,1,8-11,16-17,19,21-31H2,2-6H3,(H2,67,83)(H,68,86)(H,69,89)(H,70,84)(H,71,90)(H,72,87)(H,74,85)(H,75,88)/t32-,36?,37+,39?,40+,45-,46-,47-,48-,49-,51+,55-,56-,65-,102?/m0/s1. The average molecular weight is 1450 g/mol. The van der Waals surface area contributed by atoms with Crippen LogP contribution in [0.3, 0.4) is 0 Å². The highest BCUT2D eigenvalue weighted by Crippen LogP contribution is 2.35. The molecule has 7 aliphatic heterocycles. The molecule has 2 saturated heterocycles. The molecule has 13 N–H and O–H groups in total. The number of esters is 3. The monoisotopic (exact) mass is 1450 g/mol. The number of aliphatic hydroxyl groups is 3. The van der Waals surface area contributed by atoms with Gasteiger partial charge in [0.1, 0.15) is 72.3 Å². The van der Waals surface area contributed by atoms with Crippen LogP contribution < -0.4 is 52.4 Å². The number of nitrogens with two attached hydrogens (primary N) is 1. The largest absolute Gasteiger partial charge is 0.610 e. The van der Waals surface area contributed by atoms with E-state index < -0.39 is 224 Å². The van der Waals surface area contributed by atoms with Gasteiger partial charge in [-0.05, 0) is 54.5 Å². The van der Waals surface area contributed by atoms with Gasteiger partial charge in [-0.15, -0.1) is 0 Å². The van der Waals surface area contributed by atoms with Crippen LogP contribution in [0.15, 0.2) is 54.1 Å². The summed E-state index contributed by atoms with van der Waals surface area (Å²) in [4.78, 5) is 185. The average Bonchev–Trinajstić information content (AvgIpc) is 1.61. The van der Waals surface area contributed by atoms with Crippen molar-refractivity contribution in [1.82, 2.24) is 52.0 Å². The Balaban J connectivity index is 1.08. The number of hydrogen-bond acceptors (Lipinski definition) is 24. The van der Waals surface area contributed by atoms with Gasteiger partial charge in [0.05, 0.1) is 57.1 Å². The van der Waals surface area contributed by atoms with Crippen LogP contribution in [0, 0.1) is 17.8 Å². The highest BCUT2D eigenvalue weighted by atomic mass is 32.2. The lowest BCUT2D eigenvalue weighted by atomic mass is 9.80. The fourth-order valence-electron chi connectivity index (χ4n) is 12.8. The molecule has 3 unspecified atom stereocenters. The summed E-state index contributed by atoms with van der Waals surface area (Å²) in [7, 11) is 1.50. The summed E-state index contributed by atoms with van der Waals surface area (Å²) in [5.74, 6) is -15.2. The van der Waals surface area contributed by atoms with Crippen molar-refractivity contribution in [3.05, 3.63) is 65.7 Å². The number of primary amides is 1. The second-order valence-corrected chi connectivity index (χ2v) is 26.9. The quantitative estimate of drug-likeness (QED) is 0.0178. The van der Waals surface area contributed by atoms with Crippen LogP contribution in [0.2, 0.25) is 0 Å². The number of benzene rings is 2. The molecular weight excluding hydrogens is 1360 g/mol. The molecule has 556 valence electrons. The van der Waals surface area contributed by atoms with Crippen molar-refractivity contribution in [1.29, 1.82) is 0 Å². The maximum atomic E-state index is 15.1. The van der Waals surface area contributed by atoms with Gasteiger partial charge in [-0.1, -0.05) is 45.4 Å². The number of carbonyl (C=O) groups excluding carboxylic acids is 13. The molecule has 15 atom stereocenters. The Morgan fingerprint density at radius 1 is 0.863 bits per heavy atom. The van der Waals surface area contributed by atoms with Crippen molar-refractivity contribution < 1.29 is 115 Å². The van der Waals surface area contributed by atoms with Gasteiger partial charge in [-0.2, -0.15) is 0 Å². The van der Waals surface area contributed by atoms with Gasteiger partial charge in [-0.25, -0.2) is 9.59 Å². The molecule has 8 heterocycles. The van der Waals surface area contributed by atoms with E-state index in [1.165, 1.54) is 57.0 Å². The predicted molar refractivity (Wildman–Crippen MR) is 354 cm³/mol. The number of H-pyrrole nitrogens is 1. The lowest BCUT2D eigenvalue weighted by Gasteiger charge is -2.35. The molecule has 0 spiro atoms. The number of nitrogens with one attached hydrogen (secondary N) is 8. The van der Waals surface area contributed by atoms with E-state index in [-0.39, 0.29) is 90.8 Å². The number of aromatic nitrogens is 1. The molecule has 0 aliphatic carbocycles. The molecule has 3 aromatic rings. The number of nitrogens with zero attached hydrogens (tertiary/aromatic N) is 2. The van der Waals surface area contributed by atoms with E-state index in [0.717, 1.165) is 4.90 Å². The first kappa shape index (κ1) is 78.1. The molecule has 0 saturated carbocycles. The number of carbonyl (C=O) groups is 13. The second-order valence-electron chi connectivity index (χ2n) is 25.5. The Bertz CT molecular complexity index is 3650. The second kappa shape index (κ2) is 35.8. The van der Waals surface area contributed by atoms with Crippen LogP contribution in [0.4, 0.5) is 4.79 Å². The lowest BCUT2D eigenvalue weighted by Crippen LogP contribution is -2.62. The molecule has 7 aliphatic rings. The van der Waals surface area contributed by atoms with Crippen molar-refractivity contribution in [3.8, 4) is 11.5 Å². The number of fused-ring (bicyclic) bond motifs is 6. The van der Waals surface area contributed by atoms with E-state index in [1.54, 1.807) is 25.1 Å². The number of hydrogen-bond donors (Lipinski definition) is 12. The number of amides is 10. The minimum Gasteiger partial charge on any atom is -0.610 e. The summed E-state index contributed by atoms with van der Waals surface area (Å²) in [5, 5.41) is 49.7. The SMILES string of the molecule is C=CCOC(=O)c1cc(COC(=O)N(C)CCCCC2COc3ccc4c5c([nH]c4c3)[S+]([O-])C[C@@H]3NC(=O)CNC(=O)[C@@H](NC(=O)CNC(=O)[C@H](C5)NC(=O)[C@H]([C@@H](C)[C@@H](O)CO)NC(=O)[C@@H]4C[C@@H](O)CN4C(=O)[C@H](CC(N)=O)NC3=O)[C@@H]2CC)ccc1O[C@@H]1OCC(OC(C)=O)C[C@H]1OC(C)=O. The number of unbranched alkanes of at least 4 members (excludes halogenated alkanes) is 1. The van der Waals surface area contributed by atoms with Crippen molar-refractivity contribution >= 4 is 99.2 Å². The van der Waals surface area contributed by atoms with Crippen LogP contribution >= 0.6 is 0 Å². The van der Waals surface area contributed by atoms with E-state index in [4.69, 9.17) is 38.9 Å². The number of aliphatic hydroxyl groups excluding tert-OH is 3. The fourth-order valence-corrected chi connectivity index (χ4v) is 14.2. The molecular formula is C66H87N11O24S. The maximum absolute atomic E-state index is 15.1. The van der Waals surface area contributed by atoms with Gasteiger partial charge in [0.25, 0.3) is 0 Å². The summed E-state index contributed by atoms with van der Waals surface area (Å²) in [5.41, 5.74) is 6.15. The summed E-state index contributed by atoms with van der Waals surface area (Å²) in [6.07, 6.45) is -6.30. The molecule has 36 heteroatoms. The smallest absolute Gasteiger partial charge is 0.409 e. The van der Waals surface area contributed by atoms with Crippen molar-refractivity contribution in [3.63, 3.8) is 0 Å². The van der Waals surface area contributed by atoms with Crippen LogP contribution in [0.1, 0.15) is 94.1 Å². The van der Waals surface area contributed by atoms with Gasteiger partial charge in [0, 0.05) is 87.4 Å². The summed E-state index contributed by atoms with van der Waals surface area (Å²) in [6, 6.07) is -1.52. The first-order valence-corrected chi connectivity index (χ1v) is 34.6. The Labute approximate surface area is 588 Å². The summed E-state index contributed by atoms with van der Waals surface area (Å²) in [6.45, 7) is 5.20. The van der Waals surface area contributed by atoms with Crippen molar-refractivity contribution in [2.45, 2.75) is 158 Å². The maximum Gasteiger partial charge on any atom is 0.409 e. The Morgan fingerprint density at radius 3 is 2.28 bits per heavy atom. The zero-order valence-corrected chi connectivity index (χ0v) is 57.7. The zero-order valence-electron chi connectivity index (χ0n) is 56.9. The van der Waals surface area contributed by atoms with Gasteiger partial charge < -0.3 is 111 Å². The molecule has 0 radical (unpaired) electrons. The Kier molecular flexibility index (Phi) is 27.4. The predicted octanol–water partition coefficient (Wildman–Crippen LogP) is -2.87. The first-order valence-electron chi connectivity index (χ1n) is 33.2. The third-order valence-corrected chi connectivity index (χ3v) is 19.4.